The van der Waals surface area contributed by atoms with Crippen molar-refractivity contribution >= 4 is 38.8 Å². The van der Waals surface area contributed by atoms with E-state index in [1.165, 1.54) is 29.7 Å². The molecule has 3 aromatic rings. The highest BCUT2D eigenvalue weighted by Crippen LogP contribution is 2.49. The maximum absolute atomic E-state index is 13.9. The van der Waals surface area contributed by atoms with Crippen LogP contribution in [0.5, 0.6) is 5.75 Å². The molecule has 0 saturated carbocycles. The number of nitrogens with one attached hydrogen (secondary N) is 1. The third-order valence-electron chi connectivity index (χ3n) is 8.11. The lowest BCUT2D eigenvalue weighted by molar-refractivity contribution is -0.133. The number of urea groups is 1. The minimum Gasteiger partial charge on any atom is -0.508 e. The lowest BCUT2D eigenvalue weighted by atomic mass is 9.81. The largest absolute Gasteiger partial charge is 0.508 e. The number of amides is 3. The van der Waals surface area contributed by atoms with E-state index in [0.29, 0.717) is 19.4 Å². The van der Waals surface area contributed by atoms with Gasteiger partial charge in [-0.05, 0) is 74.1 Å². The van der Waals surface area contributed by atoms with Gasteiger partial charge in [-0.25, -0.2) is 4.79 Å². The summed E-state index contributed by atoms with van der Waals surface area (Å²) in [6, 6.07) is 12.3. The summed E-state index contributed by atoms with van der Waals surface area (Å²) in [7, 11) is 0. The molecule has 6 nitrogen and oxygen atoms in total. The molecular formula is C31H36BrN3O3. The van der Waals surface area contributed by atoms with Crippen molar-refractivity contribution in [3.05, 3.63) is 75.9 Å². The summed E-state index contributed by atoms with van der Waals surface area (Å²) < 4.78 is 0.957. The number of carbonyl (C=O) groups is 2. The third-order valence-corrected chi connectivity index (χ3v) is 8.60. The molecule has 3 amide bonds. The number of aromatic nitrogens is 1. The Bertz CT molecular complexity index is 1400. The number of phenolic OH excluding ortho intramolecular Hbond substituents is 1. The van der Waals surface area contributed by atoms with Gasteiger partial charge in [-0.15, -0.1) is 0 Å². The van der Waals surface area contributed by atoms with E-state index in [9.17, 15) is 14.7 Å². The first kappa shape index (κ1) is 26.5. The molecule has 5 rings (SSSR count). The number of imide groups is 1. The highest BCUT2D eigenvalue weighted by Gasteiger charge is 2.60. The van der Waals surface area contributed by atoms with Crippen LogP contribution in [0.2, 0.25) is 0 Å². The normalized spacial score (nSPS) is 20.8. The van der Waals surface area contributed by atoms with Crippen molar-refractivity contribution in [1.29, 1.82) is 0 Å². The fraction of sp³-hybridized carbons (Fsp3) is 0.419. The molecule has 3 heterocycles. The van der Waals surface area contributed by atoms with E-state index in [4.69, 9.17) is 0 Å². The lowest BCUT2D eigenvalue weighted by Crippen LogP contribution is -2.53. The summed E-state index contributed by atoms with van der Waals surface area (Å²) in [6.07, 6.45) is 7.77. The number of halogens is 1. The zero-order valence-corrected chi connectivity index (χ0v) is 23.8. The van der Waals surface area contributed by atoms with Crippen molar-refractivity contribution in [2.45, 2.75) is 76.8 Å². The number of fused-ring (bicyclic) bond motifs is 4. The summed E-state index contributed by atoms with van der Waals surface area (Å²) in [5, 5.41) is 11.3. The number of nitrogens with zero attached hydrogens (tertiary/aromatic N) is 2. The molecule has 2 atom stereocenters. The standard InChI is InChI=1S/C31H36BrN3O3/c1-4-5-6-7-10-20(2)11-9-16-34-29(37)31(3)19-25-24-18-22(32)14-15-26(24)33-27(25)28(35(31)30(34)38)21-12-8-13-23(36)17-21/h8,12-15,17-18,28,33,36H,2,4-7,9-11,16,19H2,1,3H3/t28-,31+/m1/s1. The summed E-state index contributed by atoms with van der Waals surface area (Å²) in [6.45, 7) is 8.69. The van der Waals surface area contributed by atoms with Crippen molar-refractivity contribution in [1.82, 2.24) is 14.8 Å². The Morgan fingerprint density at radius 2 is 1.92 bits per heavy atom. The third kappa shape index (κ3) is 4.66. The van der Waals surface area contributed by atoms with Gasteiger partial charge < -0.3 is 10.1 Å². The molecule has 38 heavy (non-hydrogen) atoms. The number of rotatable bonds is 10. The van der Waals surface area contributed by atoms with Crippen LogP contribution in [0.15, 0.2) is 59.1 Å². The second-order valence-corrected chi connectivity index (χ2v) is 11.8. The van der Waals surface area contributed by atoms with Crippen molar-refractivity contribution in [3.8, 4) is 5.75 Å². The Labute approximate surface area is 232 Å². The quantitative estimate of drug-likeness (QED) is 0.148. The fourth-order valence-corrected chi connectivity index (χ4v) is 6.50. The predicted molar refractivity (Wildman–Crippen MR) is 154 cm³/mol. The predicted octanol–water partition coefficient (Wildman–Crippen LogP) is 7.61. The Morgan fingerprint density at radius 3 is 2.68 bits per heavy atom. The number of hydrogen-bond donors (Lipinski definition) is 2. The summed E-state index contributed by atoms with van der Waals surface area (Å²) in [5.41, 5.74) is 3.83. The van der Waals surface area contributed by atoms with Gasteiger partial charge in [-0.3, -0.25) is 14.6 Å². The number of allylic oxidation sites excluding steroid dienone is 1. The van der Waals surface area contributed by atoms with E-state index in [1.54, 1.807) is 23.1 Å². The first-order chi connectivity index (χ1) is 18.2. The lowest BCUT2D eigenvalue weighted by Gasteiger charge is -2.42. The van der Waals surface area contributed by atoms with Gasteiger partial charge in [0.2, 0.25) is 0 Å². The molecule has 7 heteroatoms. The summed E-state index contributed by atoms with van der Waals surface area (Å²) >= 11 is 3.58. The van der Waals surface area contributed by atoms with E-state index < -0.39 is 11.6 Å². The van der Waals surface area contributed by atoms with E-state index in [2.05, 4.69) is 40.5 Å². The second-order valence-electron chi connectivity index (χ2n) is 10.9. The van der Waals surface area contributed by atoms with Gasteiger partial charge in [0.05, 0.1) is 0 Å². The van der Waals surface area contributed by atoms with Crippen molar-refractivity contribution < 1.29 is 14.7 Å². The van der Waals surface area contributed by atoms with E-state index in [-0.39, 0.29) is 17.7 Å². The number of benzene rings is 2. The molecule has 0 spiro atoms. The molecule has 0 bridgehead atoms. The molecule has 0 unspecified atom stereocenters. The van der Waals surface area contributed by atoms with Gasteiger partial charge in [0.1, 0.15) is 17.3 Å². The summed E-state index contributed by atoms with van der Waals surface area (Å²) in [5.74, 6) is -0.0290. The number of hydrogen-bond acceptors (Lipinski definition) is 3. The van der Waals surface area contributed by atoms with Gasteiger partial charge in [0.25, 0.3) is 5.91 Å². The minimum atomic E-state index is -1.02. The van der Waals surface area contributed by atoms with Crippen molar-refractivity contribution in [2.75, 3.05) is 6.54 Å². The van der Waals surface area contributed by atoms with Gasteiger partial charge in [-0.2, -0.15) is 0 Å². The highest BCUT2D eigenvalue weighted by atomic mass is 79.9. The van der Waals surface area contributed by atoms with Gasteiger partial charge in [0.15, 0.2) is 0 Å². The van der Waals surface area contributed by atoms with Gasteiger partial charge >= 0.3 is 6.03 Å². The Morgan fingerprint density at radius 1 is 1.13 bits per heavy atom. The monoisotopic (exact) mass is 577 g/mol. The van der Waals surface area contributed by atoms with Crippen LogP contribution in [0.3, 0.4) is 0 Å². The number of aromatic amines is 1. The smallest absolute Gasteiger partial charge is 0.328 e. The second kappa shape index (κ2) is 10.6. The first-order valence-corrected chi connectivity index (χ1v) is 14.4. The molecule has 0 aliphatic carbocycles. The molecule has 200 valence electrons. The maximum atomic E-state index is 13.9. The topological polar surface area (TPSA) is 76.6 Å². The number of phenols is 1. The van der Waals surface area contributed by atoms with Crippen LogP contribution in [-0.4, -0.2) is 43.9 Å². The van der Waals surface area contributed by atoms with E-state index >= 15 is 0 Å². The summed E-state index contributed by atoms with van der Waals surface area (Å²) in [4.78, 5) is 34.6. The number of carbonyl (C=O) groups excluding carboxylic acids is 2. The van der Waals surface area contributed by atoms with Crippen LogP contribution in [0.1, 0.15) is 81.7 Å². The molecule has 1 saturated heterocycles. The average molecular weight is 579 g/mol. The molecule has 2 aliphatic rings. The van der Waals surface area contributed by atoms with Crippen LogP contribution in [0.25, 0.3) is 10.9 Å². The van der Waals surface area contributed by atoms with Crippen LogP contribution in [0.4, 0.5) is 4.79 Å². The molecule has 2 aromatic carbocycles. The number of H-pyrrole nitrogens is 1. The molecule has 2 aliphatic heterocycles. The minimum absolute atomic E-state index is 0.127. The van der Waals surface area contributed by atoms with E-state index in [0.717, 1.165) is 51.5 Å². The van der Waals surface area contributed by atoms with Crippen LogP contribution in [0, 0.1) is 0 Å². The van der Waals surface area contributed by atoms with Crippen LogP contribution < -0.4 is 0 Å². The molecule has 2 N–H and O–H groups in total. The Balaban J connectivity index is 1.45. The molecule has 1 aromatic heterocycles. The van der Waals surface area contributed by atoms with Crippen LogP contribution in [-0.2, 0) is 11.2 Å². The van der Waals surface area contributed by atoms with E-state index in [1.807, 2.05) is 25.1 Å². The number of aromatic hydroxyl groups is 1. The molecular weight excluding hydrogens is 542 g/mol. The zero-order valence-electron chi connectivity index (χ0n) is 22.2. The first-order valence-electron chi connectivity index (χ1n) is 13.7. The van der Waals surface area contributed by atoms with Gasteiger partial charge in [-0.1, -0.05) is 66.4 Å². The number of unbranched alkanes of at least 4 members (excludes halogenated alkanes) is 3. The average Bonchev–Trinajstić information content (AvgIpc) is 3.32. The zero-order chi connectivity index (χ0) is 27.0. The highest BCUT2D eigenvalue weighted by molar-refractivity contribution is 9.10. The van der Waals surface area contributed by atoms with Crippen molar-refractivity contribution in [2.24, 2.45) is 0 Å². The molecule has 0 radical (unpaired) electrons. The Hall–Kier alpha value is -3.06. The van der Waals surface area contributed by atoms with Crippen LogP contribution >= 0.6 is 15.9 Å². The SMILES string of the molecule is C=C(CCCCCC)CCCN1C(=O)N2[C@H](c3cccc(O)c3)c3[nH]c4ccc(Br)cc4c3C[C@@]2(C)C1=O. The molecule has 1 fully saturated rings. The van der Waals surface area contributed by atoms with Crippen molar-refractivity contribution in [3.63, 3.8) is 0 Å². The Kier molecular flexibility index (Phi) is 7.40. The fourth-order valence-electron chi connectivity index (χ4n) is 6.14. The maximum Gasteiger partial charge on any atom is 0.328 e. The van der Waals surface area contributed by atoms with Gasteiger partial charge in [0, 0.05) is 34.0 Å².